The maximum absolute atomic E-state index is 14.1. The fraction of sp³-hybridized carbons (Fsp3) is 0.154. The summed E-state index contributed by atoms with van der Waals surface area (Å²) in [4.78, 5) is 0. The van der Waals surface area contributed by atoms with Gasteiger partial charge in [-0.3, -0.25) is 0 Å². The fourth-order valence-corrected chi connectivity index (χ4v) is 1.40. The zero-order chi connectivity index (χ0) is 14.0. The van der Waals surface area contributed by atoms with Crippen LogP contribution in [0.15, 0.2) is 35.3 Å². The molecule has 0 unspecified atom stereocenters. The third-order valence-electron chi connectivity index (χ3n) is 2.44. The molecule has 0 aliphatic rings. The first-order valence-electron chi connectivity index (χ1n) is 5.33. The van der Waals surface area contributed by atoms with Crippen molar-refractivity contribution < 1.29 is 13.2 Å². The molecule has 19 heavy (non-hydrogen) atoms. The van der Waals surface area contributed by atoms with Crippen molar-refractivity contribution in [1.29, 1.82) is 5.26 Å². The van der Waals surface area contributed by atoms with Crippen molar-refractivity contribution in [2.24, 2.45) is 0 Å². The molecule has 4 nitrogen and oxygen atoms in total. The second kappa shape index (κ2) is 4.61. The molecule has 0 aliphatic carbocycles. The molecule has 0 saturated carbocycles. The van der Waals surface area contributed by atoms with E-state index in [1.165, 1.54) is 12.1 Å². The monoisotopic (exact) mass is 261 g/mol. The second-order valence-electron chi connectivity index (χ2n) is 3.96. The average molecular weight is 261 g/mol. The van der Waals surface area contributed by atoms with Crippen LogP contribution in [0.1, 0.15) is 29.8 Å². The smallest absolute Gasteiger partial charge is 0.349 e. The molecule has 2 rings (SSSR count). The van der Waals surface area contributed by atoms with Gasteiger partial charge in [0.25, 0.3) is 5.89 Å². The SMILES string of the molecule is C=C(C)c1nnc(C(F)(F)c2ccc(C#N)cc2)o1. The number of rotatable bonds is 3. The highest BCUT2D eigenvalue weighted by molar-refractivity contribution is 5.52. The van der Waals surface area contributed by atoms with E-state index in [1.54, 1.807) is 6.92 Å². The molecule has 0 radical (unpaired) electrons. The van der Waals surface area contributed by atoms with Crippen molar-refractivity contribution >= 4 is 5.57 Å². The summed E-state index contributed by atoms with van der Waals surface area (Å²) < 4.78 is 33.1. The van der Waals surface area contributed by atoms with Crippen molar-refractivity contribution in [3.63, 3.8) is 0 Å². The van der Waals surface area contributed by atoms with Gasteiger partial charge in [0.05, 0.1) is 11.6 Å². The van der Waals surface area contributed by atoms with E-state index in [0.29, 0.717) is 11.1 Å². The summed E-state index contributed by atoms with van der Waals surface area (Å²) in [6.07, 6.45) is 0. The van der Waals surface area contributed by atoms with Crippen molar-refractivity contribution in [3.05, 3.63) is 53.8 Å². The highest BCUT2D eigenvalue weighted by atomic mass is 19.3. The van der Waals surface area contributed by atoms with Gasteiger partial charge < -0.3 is 4.42 Å². The van der Waals surface area contributed by atoms with Gasteiger partial charge in [0, 0.05) is 11.1 Å². The Morgan fingerprint density at radius 1 is 1.32 bits per heavy atom. The molecule has 0 bridgehead atoms. The lowest BCUT2D eigenvalue weighted by Crippen LogP contribution is -2.15. The van der Waals surface area contributed by atoms with E-state index >= 15 is 0 Å². The first-order chi connectivity index (χ1) is 8.95. The van der Waals surface area contributed by atoms with Crippen molar-refractivity contribution in [2.75, 3.05) is 0 Å². The Balaban J connectivity index is 2.39. The molecule has 96 valence electrons. The molecule has 1 aromatic heterocycles. The van der Waals surface area contributed by atoms with Crippen molar-refractivity contribution in [1.82, 2.24) is 10.2 Å². The highest BCUT2D eigenvalue weighted by Gasteiger charge is 2.40. The van der Waals surface area contributed by atoms with E-state index < -0.39 is 11.8 Å². The summed E-state index contributed by atoms with van der Waals surface area (Å²) in [5.41, 5.74) is 0.394. The molecule has 1 aromatic carbocycles. The largest absolute Gasteiger partial charge is 0.415 e. The van der Waals surface area contributed by atoms with Gasteiger partial charge in [-0.2, -0.15) is 14.0 Å². The van der Waals surface area contributed by atoms with Crippen LogP contribution in [0.25, 0.3) is 5.57 Å². The van der Waals surface area contributed by atoms with E-state index in [-0.39, 0.29) is 11.5 Å². The van der Waals surface area contributed by atoms with Crippen LogP contribution in [0.2, 0.25) is 0 Å². The number of hydrogen-bond acceptors (Lipinski definition) is 4. The van der Waals surface area contributed by atoms with E-state index in [4.69, 9.17) is 9.68 Å². The Hall–Kier alpha value is -2.55. The highest BCUT2D eigenvalue weighted by Crippen LogP contribution is 2.35. The molecule has 0 spiro atoms. The lowest BCUT2D eigenvalue weighted by molar-refractivity contribution is 0.0127. The average Bonchev–Trinajstić information content (AvgIpc) is 2.89. The minimum atomic E-state index is -3.41. The van der Waals surface area contributed by atoms with Crippen LogP contribution < -0.4 is 0 Å². The van der Waals surface area contributed by atoms with Crippen LogP contribution in [0.3, 0.4) is 0 Å². The summed E-state index contributed by atoms with van der Waals surface area (Å²) in [7, 11) is 0. The number of benzene rings is 1. The Bertz CT molecular complexity index is 653. The quantitative estimate of drug-likeness (QED) is 0.851. The van der Waals surface area contributed by atoms with Gasteiger partial charge in [0.2, 0.25) is 5.89 Å². The summed E-state index contributed by atoms with van der Waals surface area (Å²) in [6, 6.07) is 6.78. The Morgan fingerprint density at radius 3 is 2.42 bits per heavy atom. The Kier molecular flexibility index (Phi) is 3.13. The van der Waals surface area contributed by atoms with Gasteiger partial charge >= 0.3 is 5.92 Å². The zero-order valence-electron chi connectivity index (χ0n) is 10.0. The third-order valence-corrected chi connectivity index (χ3v) is 2.44. The number of halogens is 2. The zero-order valence-corrected chi connectivity index (χ0v) is 10.0. The normalized spacial score (nSPS) is 11.1. The molecule has 2 aromatic rings. The lowest BCUT2D eigenvalue weighted by Gasteiger charge is -2.11. The number of aromatic nitrogens is 2. The predicted octanol–water partition coefficient (Wildman–Crippen LogP) is 3.11. The maximum Gasteiger partial charge on any atom is 0.349 e. The number of nitrogens with zero attached hydrogens (tertiary/aromatic N) is 3. The molecule has 6 heteroatoms. The molecule has 0 atom stereocenters. The minimum absolute atomic E-state index is 0.0247. The maximum atomic E-state index is 14.1. The van der Waals surface area contributed by atoms with E-state index in [0.717, 1.165) is 12.1 Å². The van der Waals surface area contributed by atoms with E-state index in [2.05, 4.69) is 16.8 Å². The Morgan fingerprint density at radius 2 is 1.95 bits per heavy atom. The van der Waals surface area contributed by atoms with E-state index in [9.17, 15) is 8.78 Å². The van der Waals surface area contributed by atoms with E-state index in [1.807, 2.05) is 6.07 Å². The summed E-state index contributed by atoms with van der Waals surface area (Å²) >= 11 is 0. The van der Waals surface area contributed by atoms with Crippen LogP contribution in [0.5, 0.6) is 0 Å². The minimum Gasteiger partial charge on any atom is -0.415 e. The first kappa shape index (κ1) is 12.9. The summed E-state index contributed by atoms with van der Waals surface area (Å²) in [6.45, 7) is 5.12. The van der Waals surface area contributed by atoms with Gasteiger partial charge in [0.15, 0.2) is 0 Å². The van der Waals surface area contributed by atoms with Crippen LogP contribution in [0, 0.1) is 11.3 Å². The van der Waals surface area contributed by atoms with Crippen molar-refractivity contribution in [2.45, 2.75) is 12.8 Å². The van der Waals surface area contributed by atoms with Gasteiger partial charge in [-0.1, -0.05) is 18.7 Å². The van der Waals surface area contributed by atoms with Crippen LogP contribution >= 0.6 is 0 Å². The fourth-order valence-electron chi connectivity index (χ4n) is 1.40. The number of allylic oxidation sites excluding steroid dienone is 1. The third kappa shape index (κ3) is 2.36. The molecule has 0 fully saturated rings. The van der Waals surface area contributed by atoms with Crippen LogP contribution in [-0.4, -0.2) is 10.2 Å². The number of hydrogen-bond donors (Lipinski definition) is 0. The second-order valence-corrected chi connectivity index (χ2v) is 3.96. The van der Waals surface area contributed by atoms with Crippen LogP contribution in [0.4, 0.5) is 8.78 Å². The van der Waals surface area contributed by atoms with Gasteiger partial charge in [0.1, 0.15) is 0 Å². The van der Waals surface area contributed by atoms with Gasteiger partial charge in [-0.25, -0.2) is 0 Å². The Labute approximate surface area is 108 Å². The summed E-state index contributed by atoms with van der Waals surface area (Å²) in [5.74, 6) is -4.23. The molecule has 0 aliphatic heterocycles. The molecular weight excluding hydrogens is 252 g/mol. The molecular formula is C13H9F2N3O. The molecule has 0 N–H and O–H groups in total. The standard InChI is InChI=1S/C13H9F2N3O/c1-8(2)11-17-18-12(19-11)13(14,15)10-5-3-9(7-16)4-6-10/h3-6H,1H2,2H3. The van der Waals surface area contributed by atoms with Gasteiger partial charge in [-0.05, 0) is 19.1 Å². The molecule has 1 heterocycles. The number of nitriles is 1. The molecule has 0 saturated heterocycles. The predicted molar refractivity (Wildman–Crippen MR) is 63.2 cm³/mol. The summed E-state index contributed by atoms with van der Waals surface area (Å²) in [5, 5.41) is 15.5. The van der Waals surface area contributed by atoms with Crippen molar-refractivity contribution in [3.8, 4) is 6.07 Å². The topological polar surface area (TPSA) is 62.7 Å². The molecule has 0 amide bonds. The number of alkyl halides is 2. The lowest BCUT2D eigenvalue weighted by atomic mass is 10.1. The first-order valence-corrected chi connectivity index (χ1v) is 5.33. The van der Waals surface area contributed by atoms with Crippen LogP contribution in [-0.2, 0) is 5.92 Å². The van der Waals surface area contributed by atoms with Gasteiger partial charge in [-0.15, -0.1) is 10.2 Å².